The van der Waals surface area contributed by atoms with Gasteiger partial charge in [0, 0.05) is 19.0 Å². The third-order valence-electron chi connectivity index (χ3n) is 8.49. The van der Waals surface area contributed by atoms with Gasteiger partial charge in [0.2, 0.25) is 11.8 Å². The van der Waals surface area contributed by atoms with Gasteiger partial charge < -0.3 is 15.0 Å². The number of benzene rings is 4. The number of para-hydroxylation sites is 2. The van der Waals surface area contributed by atoms with E-state index in [9.17, 15) is 18.0 Å². The lowest BCUT2D eigenvalue weighted by Crippen LogP contribution is -2.54. The number of hydrogen-bond acceptors (Lipinski definition) is 5. The first-order valence-corrected chi connectivity index (χ1v) is 17.7. The summed E-state index contributed by atoms with van der Waals surface area (Å²) < 4.78 is 35.7. The molecule has 1 aliphatic rings. The summed E-state index contributed by atoms with van der Waals surface area (Å²) >= 11 is 0. The quantitative estimate of drug-likeness (QED) is 0.173. The molecule has 47 heavy (non-hydrogen) atoms. The van der Waals surface area contributed by atoms with Crippen molar-refractivity contribution in [3.8, 4) is 5.75 Å². The molecule has 1 atom stereocenters. The smallest absolute Gasteiger partial charge is 0.264 e. The summed E-state index contributed by atoms with van der Waals surface area (Å²) in [6.45, 7) is 3.60. The molecule has 1 saturated carbocycles. The molecule has 5 rings (SSSR count). The van der Waals surface area contributed by atoms with Crippen molar-refractivity contribution in [2.75, 3.05) is 17.5 Å². The molecule has 0 aromatic heterocycles. The normalized spacial score (nSPS) is 13.9. The van der Waals surface area contributed by atoms with Crippen LogP contribution >= 0.6 is 0 Å². The zero-order valence-corrected chi connectivity index (χ0v) is 27.9. The molecule has 9 heteroatoms. The first-order chi connectivity index (χ1) is 22.8. The van der Waals surface area contributed by atoms with Gasteiger partial charge in [-0.1, -0.05) is 103 Å². The van der Waals surface area contributed by atoms with E-state index in [4.69, 9.17) is 4.74 Å². The van der Waals surface area contributed by atoms with Crippen LogP contribution in [-0.2, 0) is 32.6 Å². The Morgan fingerprint density at radius 1 is 0.830 bits per heavy atom. The summed E-state index contributed by atoms with van der Waals surface area (Å²) in [6, 6.07) is 31.6. The van der Waals surface area contributed by atoms with Gasteiger partial charge >= 0.3 is 0 Å². The number of ether oxygens (including phenoxy) is 1. The highest BCUT2D eigenvalue weighted by Gasteiger charge is 2.36. The van der Waals surface area contributed by atoms with Crippen LogP contribution in [0.25, 0.3) is 0 Å². The maximum Gasteiger partial charge on any atom is 0.264 e. The zero-order valence-electron chi connectivity index (χ0n) is 27.0. The molecule has 1 N–H and O–H groups in total. The van der Waals surface area contributed by atoms with Gasteiger partial charge in [-0.25, -0.2) is 8.42 Å². The van der Waals surface area contributed by atoms with Crippen molar-refractivity contribution in [3.05, 3.63) is 126 Å². The molecule has 0 spiro atoms. The van der Waals surface area contributed by atoms with Crippen LogP contribution in [0.1, 0.15) is 49.3 Å². The lowest BCUT2D eigenvalue weighted by atomic mass is 10.0. The van der Waals surface area contributed by atoms with Gasteiger partial charge in [0.05, 0.1) is 17.2 Å². The Balaban J connectivity index is 1.58. The molecule has 0 unspecified atom stereocenters. The largest absolute Gasteiger partial charge is 0.492 e. The minimum atomic E-state index is -4.23. The summed E-state index contributed by atoms with van der Waals surface area (Å²) in [6.07, 6.45) is 4.16. The molecule has 4 aromatic carbocycles. The molecule has 0 aliphatic heterocycles. The second-order valence-corrected chi connectivity index (χ2v) is 13.8. The number of hydrogen-bond donors (Lipinski definition) is 1. The molecule has 0 bridgehead atoms. The lowest BCUT2D eigenvalue weighted by Gasteiger charge is -2.34. The minimum absolute atomic E-state index is 0.0472. The molecule has 0 saturated heterocycles. The summed E-state index contributed by atoms with van der Waals surface area (Å²) in [5, 5.41) is 3.21. The van der Waals surface area contributed by atoms with Gasteiger partial charge in [-0.3, -0.25) is 13.9 Å². The predicted octanol–water partition coefficient (Wildman–Crippen LogP) is 6.29. The number of rotatable bonds is 14. The number of nitrogens with zero attached hydrogens (tertiary/aromatic N) is 2. The highest BCUT2D eigenvalue weighted by atomic mass is 32.2. The highest BCUT2D eigenvalue weighted by Crippen LogP contribution is 2.33. The molecule has 4 aromatic rings. The monoisotopic (exact) mass is 653 g/mol. The predicted molar refractivity (Wildman–Crippen MR) is 185 cm³/mol. The lowest BCUT2D eigenvalue weighted by molar-refractivity contribution is -0.140. The van der Waals surface area contributed by atoms with Crippen LogP contribution in [0, 0.1) is 6.92 Å². The number of anilines is 1. The topological polar surface area (TPSA) is 96.0 Å². The van der Waals surface area contributed by atoms with E-state index in [1.54, 1.807) is 48.5 Å². The van der Waals surface area contributed by atoms with Crippen molar-refractivity contribution >= 4 is 27.5 Å². The van der Waals surface area contributed by atoms with Crippen molar-refractivity contribution in [2.24, 2.45) is 0 Å². The second kappa shape index (κ2) is 15.8. The first kappa shape index (κ1) is 33.7. The van der Waals surface area contributed by atoms with Crippen LogP contribution in [0.4, 0.5) is 5.69 Å². The molecule has 8 nitrogen and oxygen atoms in total. The highest BCUT2D eigenvalue weighted by molar-refractivity contribution is 7.92. The zero-order chi connectivity index (χ0) is 33.2. The Morgan fingerprint density at radius 3 is 2.06 bits per heavy atom. The summed E-state index contributed by atoms with van der Waals surface area (Å²) in [5.41, 5.74) is 2.89. The molecule has 2 amide bonds. The van der Waals surface area contributed by atoms with E-state index >= 15 is 0 Å². The Morgan fingerprint density at radius 2 is 1.43 bits per heavy atom. The first-order valence-electron chi connectivity index (χ1n) is 16.2. The van der Waals surface area contributed by atoms with Gasteiger partial charge in [-0.15, -0.1) is 0 Å². The summed E-state index contributed by atoms with van der Waals surface area (Å²) in [7, 11) is -4.23. The second-order valence-electron chi connectivity index (χ2n) is 11.9. The fourth-order valence-corrected chi connectivity index (χ4v) is 7.42. The van der Waals surface area contributed by atoms with Crippen LogP contribution in [-0.4, -0.2) is 50.4 Å². The fraction of sp³-hybridized carbons (Fsp3) is 0.316. The number of carbonyl (C=O) groups excluding carboxylic acids is 2. The van der Waals surface area contributed by atoms with E-state index in [1.807, 2.05) is 74.5 Å². The van der Waals surface area contributed by atoms with Crippen LogP contribution in [0.2, 0.25) is 0 Å². The van der Waals surface area contributed by atoms with Gasteiger partial charge in [0.25, 0.3) is 10.0 Å². The van der Waals surface area contributed by atoms with Gasteiger partial charge in [0.1, 0.15) is 18.3 Å². The van der Waals surface area contributed by atoms with Crippen LogP contribution in [0.3, 0.4) is 0 Å². The Hall–Kier alpha value is -4.63. The molecular weight excluding hydrogens is 611 g/mol. The van der Waals surface area contributed by atoms with Crippen molar-refractivity contribution < 1.29 is 22.7 Å². The van der Waals surface area contributed by atoms with Crippen LogP contribution in [0.15, 0.2) is 114 Å². The fourth-order valence-electron chi connectivity index (χ4n) is 5.99. The summed E-state index contributed by atoms with van der Waals surface area (Å²) in [5.74, 6) is -0.404. The molecule has 0 heterocycles. The van der Waals surface area contributed by atoms with Crippen molar-refractivity contribution in [1.82, 2.24) is 10.2 Å². The number of amides is 2. The van der Waals surface area contributed by atoms with E-state index < -0.39 is 28.5 Å². The molecule has 1 aliphatic carbocycles. The van der Waals surface area contributed by atoms with E-state index in [0.717, 1.165) is 46.7 Å². The third kappa shape index (κ3) is 8.60. The number of nitrogens with one attached hydrogen (secondary N) is 1. The van der Waals surface area contributed by atoms with Gasteiger partial charge in [-0.2, -0.15) is 0 Å². The Kier molecular flexibility index (Phi) is 11.3. The van der Waals surface area contributed by atoms with Gasteiger partial charge in [0.15, 0.2) is 0 Å². The van der Waals surface area contributed by atoms with Crippen LogP contribution < -0.4 is 14.4 Å². The van der Waals surface area contributed by atoms with Gasteiger partial charge in [-0.05, 0) is 62.1 Å². The number of aryl methyl sites for hydroxylation is 1. The number of sulfonamides is 1. The number of carbonyl (C=O) groups is 2. The SMILES string of the molecule is CCOc1ccccc1N(CC(=O)N(Cc1ccccc1)[C@@H](Cc1ccccc1)C(=O)NC1CCCC1)S(=O)(=O)c1ccc(C)cc1. The van der Waals surface area contributed by atoms with E-state index in [0.29, 0.717) is 12.4 Å². The minimum Gasteiger partial charge on any atom is -0.492 e. The van der Waals surface area contributed by atoms with Crippen LogP contribution in [0.5, 0.6) is 5.75 Å². The van der Waals surface area contributed by atoms with E-state index in [-0.39, 0.29) is 35.5 Å². The maximum absolute atomic E-state index is 14.7. The molecule has 246 valence electrons. The summed E-state index contributed by atoms with van der Waals surface area (Å²) in [4.78, 5) is 30.4. The van der Waals surface area contributed by atoms with Crippen molar-refractivity contribution in [1.29, 1.82) is 0 Å². The Bertz CT molecular complexity index is 1720. The Labute approximate surface area is 278 Å². The van der Waals surface area contributed by atoms with Crippen molar-refractivity contribution in [2.45, 2.75) is 69.5 Å². The average Bonchev–Trinajstić information content (AvgIpc) is 3.60. The average molecular weight is 654 g/mol. The molecule has 0 radical (unpaired) electrons. The standard InChI is InChI=1S/C38H43N3O5S/c1-3-46-36-21-13-12-20-34(36)41(47(44,45)33-24-22-29(2)23-25-33)28-37(42)40(27-31-16-8-5-9-17-31)35(26-30-14-6-4-7-15-30)38(43)39-32-18-10-11-19-32/h4-9,12-17,20-25,32,35H,3,10-11,18-19,26-28H2,1-2H3,(H,39,43)/t35-/m0/s1. The maximum atomic E-state index is 14.7. The molecule has 1 fully saturated rings. The molecular formula is C38H43N3O5S. The third-order valence-corrected chi connectivity index (χ3v) is 10.3. The van der Waals surface area contributed by atoms with Crippen molar-refractivity contribution in [3.63, 3.8) is 0 Å². The van der Waals surface area contributed by atoms with E-state index in [2.05, 4.69) is 5.32 Å². The van der Waals surface area contributed by atoms with E-state index in [1.165, 1.54) is 4.90 Å².